The predicted molar refractivity (Wildman–Crippen MR) is 99.1 cm³/mol. The largest absolute Gasteiger partial charge is 0.455 e. The summed E-state index contributed by atoms with van der Waals surface area (Å²) in [4.78, 5) is 15.6. The average Bonchev–Trinajstić information content (AvgIpc) is 3.14. The van der Waals surface area contributed by atoms with Gasteiger partial charge in [-0.05, 0) is 36.8 Å². The van der Waals surface area contributed by atoms with Crippen molar-refractivity contribution >= 4 is 11.9 Å². The Morgan fingerprint density at radius 3 is 2.81 bits per heavy atom. The van der Waals surface area contributed by atoms with Crippen molar-refractivity contribution in [3.05, 3.63) is 87.2 Å². The van der Waals surface area contributed by atoms with Gasteiger partial charge in [0.1, 0.15) is 24.3 Å². The molecule has 7 heteroatoms. The van der Waals surface area contributed by atoms with Crippen LogP contribution >= 0.6 is 0 Å². The summed E-state index contributed by atoms with van der Waals surface area (Å²) in [6.07, 6.45) is 1.43. The van der Waals surface area contributed by atoms with Crippen LogP contribution in [0.2, 0.25) is 0 Å². The van der Waals surface area contributed by atoms with Gasteiger partial charge in [-0.15, -0.1) is 0 Å². The van der Waals surface area contributed by atoms with Gasteiger partial charge < -0.3 is 9.25 Å². The number of aryl methyl sites for hydroxylation is 1. The summed E-state index contributed by atoms with van der Waals surface area (Å²) in [6.45, 7) is 1.96. The molecule has 0 bridgehead atoms. The molecule has 0 radical (unpaired) electrons. The highest BCUT2D eigenvalue weighted by Crippen LogP contribution is 2.28. The number of hydrogen-bond donors (Lipinski definition) is 0. The Hall–Kier alpha value is -3.92. The summed E-state index contributed by atoms with van der Waals surface area (Å²) in [5.41, 5.74) is 2.84. The molecule has 0 unspecified atom stereocenters. The van der Waals surface area contributed by atoms with Gasteiger partial charge in [-0.3, -0.25) is 10.1 Å². The minimum Gasteiger partial charge on any atom is -0.455 e. The summed E-state index contributed by atoms with van der Waals surface area (Å²) in [5, 5.41) is 23.7. The van der Waals surface area contributed by atoms with E-state index in [2.05, 4.69) is 11.2 Å². The molecule has 0 spiro atoms. The van der Waals surface area contributed by atoms with Crippen LogP contribution in [0.5, 0.6) is 0 Å². The van der Waals surface area contributed by atoms with Crippen molar-refractivity contribution < 1.29 is 14.2 Å². The van der Waals surface area contributed by atoms with Gasteiger partial charge in [-0.2, -0.15) is 5.26 Å². The van der Waals surface area contributed by atoms with E-state index in [1.807, 2.05) is 6.07 Å². The number of nitriles is 1. The third kappa shape index (κ3) is 4.19. The fourth-order valence-corrected chi connectivity index (χ4v) is 2.56. The lowest BCUT2D eigenvalue weighted by molar-refractivity contribution is -0.384. The molecule has 7 nitrogen and oxygen atoms in total. The van der Waals surface area contributed by atoms with Crippen molar-refractivity contribution in [3.63, 3.8) is 0 Å². The summed E-state index contributed by atoms with van der Waals surface area (Å²) in [5.74, 6) is 1.06. The van der Waals surface area contributed by atoms with Crippen molar-refractivity contribution in [1.29, 1.82) is 5.26 Å². The molecular formula is C20H15N3O4. The average molecular weight is 361 g/mol. The molecule has 0 aliphatic rings. The van der Waals surface area contributed by atoms with Crippen molar-refractivity contribution in [1.82, 2.24) is 0 Å². The number of benzene rings is 2. The highest BCUT2D eigenvalue weighted by atomic mass is 16.6. The number of nitrogens with zero attached hydrogens (tertiary/aromatic N) is 3. The Balaban J connectivity index is 1.67. The highest BCUT2D eigenvalue weighted by Gasteiger charge is 2.12. The summed E-state index contributed by atoms with van der Waals surface area (Å²) in [6, 6.07) is 17.3. The van der Waals surface area contributed by atoms with E-state index in [1.54, 1.807) is 43.3 Å². The fraction of sp³-hybridized carbons (Fsp3) is 0.100. The third-order valence-electron chi connectivity index (χ3n) is 3.93. The van der Waals surface area contributed by atoms with E-state index in [4.69, 9.17) is 14.5 Å². The first-order valence-electron chi connectivity index (χ1n) is 8.07. The Labute approximate surface area is 155 Å². The third-order valence-corrected chi connectivity index (χ3v) is 3.93. The zero-order valence-electron chi connectivity index (χ0n) is 14.5. The van der Waals surface area contributed by atoms with Crippen molar-refractivity contribution in [3.8, 4) is 17.4 Å². The highest BCUT2D eigenvalue weighted by molar-refractivity contribution is 5.77. The van der Waals surface area contributed by atoms with Crippen LogP contribution in [0.15, 0.2) is 64.2 Å². The molecule has 3 rings (SSSR count). The van der Waals surface area contributed by atoms with Gasteiger partial charge in [-0.25, -0.2) is 0 Å². The molecule has 1 aromatic heterocycles. The van der Waals surface area contributed by atoms with Crippen molar-refractivity contribution in [2.45, 2.75) is 13.5 Å². The van der Waals surface area contributed by atoms with Crippen LogP contribution in [0, 0.1) is 28.4 Å². The molecule has 1 heterocycles. The fourth-order valence-electron chi connectivity index (χ4n) is 2.56. The summed E-state index contributed by atoms with van der Waals surface area (Å²) < 4.78 is 5.70. The second kappa shape index (κ2) is 7.97. The van der Waals surface area contributed by atoms with E-state index in [1.165, 1.54) is 18.3 Å². The van der Waals surface area contributed by atoms with Crippen LogP contribution in [-0.2, 0) is 11.4 Å². The van der Waals surface area contributed by atoms with E-state index in [9.17, 15) is 10.1 Å². The molecular weight excluding hydrogens is 346 g/mol. The number of oxime groups is 1. The molecule has 0 aliphatic carbocycles. The minimum atomic E-state index is -0.432. The molecule has 27 heavy (non-hydrogen) atoms. The summed E-state index contributed by atoms with van der Waals surface area (Å²) in [7, 11) is 0. The minimum absolute atomic E-state index is 0.0376. The number of hydrogen-bond acceptors (Lipinski definition) is 6. The van der Waals surface area contributed by atoms with E-state index < -0.39 is 4.92 Å². The van der Waals surface area contributed by atoms with Gasteiger partial charge in [-0.1, -0.05) is 23.4 Å². The number of nitro groups is 1. The van der Waals surface area contributed by atoms with Gasteiger partial charge in [0, 0.05) is 23.3 Å². The summed E-state index contributed by atoms with van der Waals surface area (Å²) >= 11 is 0. The van der Waals surface area contributed by atoms with Gasteiger partial charge in [0.25, 0.3) is 5.69 Å². The van der Waals surface area contributed by atoms with Crippen LogP contribution in [0.4, 0.5) is 5.69 Å². The van der Waals surface area contributed by atoms with Crippen LogP contribution in [0.3, 0.4) is 0 Å². The normalized spacial score (nSPS) is 10.7. The van der Waals surface area contributed by atoms with Gasteiger partial charge in [0.05, 0.1) is 16.6 Å². The van der Waals surface area contributed by atoms with Crippen LogP contribution < -0.4 is 0 Å². The lowest BCUT2D eigenvalue weighted by Gasteiger charge is -2.02. The van der Waals surface area contributed by atoms with Gasteiger partial charge >= 0.3 is 0 Å². The maximum Gasteiger partial charge on any atom is 0.269 e. The second-order valence-electron chi connectivity index (χ2n) is 5.74. The molecule has 134 valence electrons. The molecule has 0 saturated carbocycles. The smallest absolute Gasteiger partial charge is 0.269 e. The van der Waals surface area contributed by atoms with E-state index in [0.717, 1.165) is 16.7 Å². The predicted octanol–water partition coefficient (Wildman–Crippen LogP) is 4.59. The van der Waals surface area contributed by atoms with Crippen LogP contribution in [0.1, 0.15) is 22.5 Å². The Kier molecular flexibility index (Phi) is 5.28. The Morgan fingerprint density at radius 1 is 1.26 bits per heavy atom. The molecule has 0 amide bonds. The Morgan fingerprint density at radius 2 is 2.07 bits per heavy atom. The molecule has 3 aromatic rings. The van der Waals surface area contributed by atoms with Crippen molar-refractivity contribution in [2.75, 3.05) is 0 Å². The van der Waals surface area contributed by atoms with E-state index >= 15 is 0 Å². The topological polar surface area (TPSA) is 102 Å². The SMILES string of the molecule is Cc1cc([N+](=O)[O-])ccc1-c1ccc(/C=N/OCc2ccccc2C#N)o1. The zero-order valence-corrected chi connectivity index (χ0v) is 14.5. The molecule has 0 saturated heterocycles. The standard InChI is InChI=1S/C20H15N3O4/c1-14-10-17(23(24)25)6-8-19(14)20-9-7-18(27-20)12-22-26-13-16-5-3-2-4-15(16)11-21/h2-10,12H,13H2,1H3/b22-12+. The second-order valence-corrected chi connectivity index (χ2v) is 5.74. The Bertz CT molecular complexity index is 1050. The molecule has 2 aromatic carbocycles. The zero-order chi connectivity index (χ0) is 19.2. The van der Waals surface area contributed by atoms with Crippen molar-refractivity contribution in [2.24, 2.45) is 5.16 Å². The number of nitro benzene ring substituents is 1. The van der Waals surface area contributed by atoms with Crippen LogP contribution in [-0.4, -0.2) is 11.1 Å². The van der Waals surface area contributed by atoms with Gasteiger partial charge in [0.2, 0.25) is 0 Å². The maximum atomic E-state index is 10.8. The molecule has 0 N–H and O–H groups in total. The number of rotatable bonds is 6. The molecule has 0 atom stereocenters. The molecule has 0 aliphatic heterocycles. The lowest BCUT2D eigenvalue weighted by atomic mass is 10.1. The van der Waals surface area contributed by atoms with Crippen LogP contribution in [0.25, 0.3) is 11.3 Å². The quantitative estimate of drug-likeness (QED) is 0.363. The van der Waals surface area contributed by atoms with E-state index in [0.29, 0.717) is 17.1 Å². The first-order chi connectivity index (χ1) is 13.1. The van der Waals surface area contributed by atoms with E-state index in [-0.39, 0.29) is 12.3 Å². The first kappa shape index (κ1) is 17.9. The number of furan rings is 1. The number of non-ortho nitro benzene ring substituents is 1. The first-order valence-corrected chi connectivity index (χ1v) is 8.07. The van der Waals surface area contributed by atoms with Gasteiger partial charge in [0.15, 0.2) is 0 Å². The maximum absolute atomic E-state index is 10.8. The lowest BCUT2D eigenvalue weighted by Crippen LogP contribution is -1.91. The monoisotopic (exact) mass is 361 g/mol. The molecule has 0 fully saturated rings.